The van der Waals surface area contributed by atoms with Crippen LogP contribution in [0.1, 0.15) is 53.4 Å². The molecule has 2 atom stereocenters. The minimum atomic E-state index is 0.272. The predicted molar refractivity (Wildman–Crippen MR) is 115 cm³/mol. The molecule has 0 saturated heterocycles. The molecule has 2 aromatic rings. The fourth-order valence-electron chi connectivity index (χ4n) is 2.64. The summed E-state index contributed by atoms with van der Waals surface area (Å²) in [6.45, 7) is 8.61. The van der Waals surface area contributed by atoms with E-state index in [0.717, 1.165) is 37.2 Å². The first-order chi connectivity index (χ1) is 12.6. The van der Waals surface area contributed by atoms with Gasteiger partial charge < -0.3 is 9.47 Å². The maximum atomic E-state index is 5.90. The highest BCUT2D eigenvalue weighted by Crippen LogP contribution is 2.38. The Morgan fingerprint density at radius 3 is 1.31 bits per heavy atom. The molecule has 0 aliphatic heterocycles. The van der Waals surface area contributed by atoms with Crippen LogP contribution in [-0.4, -0.2) is 12.2 Å². The van der Waals surface area contributed by atoms with E-state index in [9.17, 15) is 0 Å². The number of hydrogen-bond donors (Lipinski definition) is 0. The quantitative estimate of drug-likeness (QED) is 0.367. The van der Waals surface area contributed by atoms with Crippen LogP contribution in [-0.2, 0) is 0 Å². The van der Waals surface area contributed by atoms with Gasteiger partial charge in [-0.25, -0.2) is 0 Å². The van der Waals surface area contributed by atoms with E-state index in [2.05, 4.69) is 76.2 Å². The van der Waals surface area contributed by atoms with E-state index in [1.165, 1.54) is 9.79 Å². The van der Waals surface area contributed by atoms with E-state index in [-0.39, 0.29) is 12.2 Å². The molecule has 2 unspecified atom stereocenters. The minimum absolute atomic E-state index is 0.272. The van der Waals surface area contributed by atoms with Gasteiger partial charge in [-0.2, -0.15) is 0 Å². The molecular weight excluding hydrogens is 360 g/mol. The van der Waals surface area contributed by atoms with Crippen LogP contribution in [0, 0.1) is 0 Å². The van der Waals surface area contributed by atoms with Crippen molar-refractivity contribution in [2.75, 3.05) is 0 Å². The number of benzene rings is 2. The van der Waals surface area contributed by atoms with Crippen LogP contribution >= 0.6 is 21.6 Å². The van der Waals surface area contributed by atoms with Crippen LogP contribution in [0.2, 0.25) is 0 Å². The van der Waals surface area contributed by atoms with Gasteiger partial charge in [0.15, 0.2) is 0 Å². The molecule has 0 fully saturated rings. The number of hydrogen-bond acceptors (Lipinski definition) is 4. The molecule has 0 spiro atoms. The summed E-state index contributed by atoms with van der Waals surface area (Å²) in [6.07, 6.45) is 5.01. The second kappa shape index (κ2) is 11.5. The van der Waals surface area contributed by atoms with Crippen molar-refractivity contribution < 1.29 is 9.47 Å². The van der Waals surface area contributed by atoms with Crippen LogP contribution < -0.4 is 9.47 Å². The Hall–Kier alpha value is -1.26. The molecule has 2 rings (SSSR count). The molecule has 0 aromatic heterocycles. The third kappa shape index (κ3) is 7.55. The van der Waals surface area contributed by atoms with Crippen molar-refractivity contribution in [1.82, 2.24) is 0 Å². The van der Waals surface area contributed by atoms with Crippen LogP contribution in [0.15, 0.2) is 58.3 Å². The van der Waals surface area contributed by atoms with E-state index in [1.54, 1.807) is 21.6 Å². The highest BCUT2D eigenvalue weighted by Gasteiger charge is 2.05. The van der Waals surface area contributed by atoms with Crippen molar-refractivity contribution in [3.05, 3.63) is 48.5 Å². The summed E-state index contributed by atoms with van der Waals surface area (Å²) in [5.41, 5.74) is 0. The predicted octanol–water partition coefficient (Wildman–Crippen LogP) is 7.62. The third-order valence-electron chi connectivity index (χ3n) is 3.95. The summed E-state index contributed by atoms with van der Waals surface area (Å²) in [7, 11) is 3.52. The SMILES string of the molecule is CCCC(C)Oc1ccc(SSc2ccc(OC(C)CCC)cc2)cc1. The molecular formula is C22H30O2S2. The average molecular weight is 391 g/mol. The molecule has 0 bridgehead atoms. The normalized spacial score (nSPS) is 13.2. The van der Waals surface area contributed by atoms with Gasteiger partial charge in [0.2, 0.25) is 0 Å². The molecule has 26 heavy (non-hydrogen) atoms. The number of ether oxygens (including phenoxy) is 2. The molecule has 0 heterocycles. The Morgan fingerprint density at radius 1 is 0.654 bits per heavy atom. The van der Waals surface area contributed by atoms with E-state index < -0.39 is 0 Å². The maximum absolute atomic E-state index is 5.90. The lowest BCUT2D eigenvalue weighted by molar-refractivity contribution is 0.209. The van der Waals surface area contributed by atoms with Gasteiger partial charge in [0.1, 0.15) is 11.5 Å². The van der Waals surface area contributed by atoms with Crippen molar-refractivity contribution in [3.63, 3.8) is 0 Å². The Balaban J connectivity index is 1.81. The molecule has 0 saturated carbocycles. The lowest BCUT2D eigenvalue weighted by atomic mass is 10.2. The highest BCUT2D eigenvalue weighted by atomic mass is 33.1. The largest absolute Gasteiger partial charge is 0.491 e. The van der Waals surface area contributed by atoms with Crippen LogP contribution in [0.4, 0.5) is 0 Å². The summed E-state index contributed by atoms with van der Waals surface area (Å²) < 4.78 is 11.8. The fraction of sp³-hybridized carbons (Fsp3) is 0.455. The Bertz CT molecular complexity index is 568. The smallest absolute Gasteiger partial charge is 0.119 e. The van der Waals surface area contributed by atoms with E-state index in [0.29, 0.717) is 0 Å². The van der Waals surface area contributed by atoms with Crippen molar-refractivity contribution >= 4 is 21.6 Å². The zero-order valence-electron chi connectivity index (χ0n) is 16.2. The van der Waals surface area contributed by atoms with Crippen molar-refractivity contribution in [2.45, 2.75) is 75.4 Å². The Kier molecular flexibility index (Phi) is 9.27. The average Bonchev–Trinajstić information content (AvgIpc) is 2.63. The zero-order chi connectivity index (χ0) is 18.8. The highest BCUT2D eigenvalue weighted by molar-refractivity contribution is 8.76. The van der Waals surface area contributed by atoms with E-state index in [4.69, 9.17) is 9.47 Å². The zero-order valence-corrected chi connectivity index (χ0v) is 17.9. The Morgan fingerprint density at radius 2 is 1.00 bits per heavy atom. The lowest BCUT2D eigenvalue weighted by Gasteiger charge is -2.14. The van der Waals surface area contributed by atoms with Gasteiger partial charge in [-0.1, -0.05) is 48.3 Å². The van der Waals surface area contributed by atoms with Crippen molar-refractivity contribution in [3.8, 4) is 11.5 Å². The number of rotatable bonds is 11. The molecule has 0 radical (unpaired) electrons. The van der Waals surface area contributed by atoms with Gasteiger partial charge in [-0.05, 0) is 75.2 Å². The molecule has 0 aliphatic carbocycles. The van der Waals surface area contributed by atoms with Crippen LogP contribution in [0.5, 0.6) is 11.5 Å². The molecule has 2 aromatic carbocycles. The first kappa shape index (κ1) is 21.0. The summed E-state index contributed by atoms with van der Waals surface area (Å²) in [5.74, 6) is 1.89. The van der Waals surface area contributed by atoms with Gasteiger partial charge in [-0.3, -0.25) is 0 Å². The van der Waals surface area contributed by atoms with Gasteiger partial charge in [-0.15, -0.1) is 0 Å². The monoisotopic (exact) mass is 390 g/mol. The van der Waals surface area contributed by atoms with E-state index >= 15 is 0 Å². The summed E-state index contributed by atoms with van der Waals surface area (Å²) >= 11 is 0. The third-order valence-corrected chi connectivity index (χ3v) is 6.36. The van der Waals surface area contributed by atoms with Crippen molar-refractivity contribution in [1.29, 1.82) is 0 Å². The molecule has 0 aliphatic rings. The van der Waals surface area contributed by atoms with Gasteiger partial charge in [0.25, 0.3) is 0 Å². The molecule has 4 heteroatoms. The molecule has 0 N–H and O–H groups in total. The summed E-state index contributed by atoms with van der Waals surface area (Å²) in [4.78, 5) is 2.45. The standard InChI is InChI=1S/C22H30O2S2/c1-5-7-17(3)23-19-9-13-21(14-10-19)25-26-22-15-11-20(12-16-22)24-18(4)8-6-2/h9-18H,5-8H2,1-4H3. The van der Waals surface area contributed by atoms with Crippen LogP contribution in [0.25, 0.3) is 0 Å². The fourth-order valence-corrected chi connectivity index (χ4v) is 4.57. The van der Waals surface area contributed by atoms with Gasteiger partial charge in [0.05, 0.1) is 12.2 Å². The lowest BCUT2D eigenvalue weighted by Crippen LogP contribution is -2.10. The van der Waals surface area contributed by atoms with Gasteiger partial charge in [0, 0.05) is 9.79 Å². The minimum Gasteiger partial charge on any atom is -0.491 e. The molecule has 142 valence electrons. The van der Waals surface area contributed by atoms with Crippen molar-refractivity contribution in [2.24, 2.45) is 0 Å². The summed E-state index contributed by atoms with van der Waals surface area (Å²) in [5, 5.41) is 0. The first-order valence-corrected chi connectivity index (χ1v) is 11.6. The summed E-state index contributed by atoms with van der Waals surface area (Å²) in [6, 6.07) is 16.7. The molecule has 0 amide bonds. The topological polar surface area (TPSA) is 18.5 Å². The first-order valence-electron chi connectivity index (χ1n) is 9.48. The second-order valence-electron chi connectivity index (χ2n) is 6.54. The second-order valence-corrected chi connectivity index (χ2v) is 8.82. The molecule has 2 nitrogen and oxygen atoms in total. The van der Waals surface area contributed by atoms with Crippen LogP contribution in [0.3, 0.4) is 0 Å². The van der Waals surface area contributed by atoms with E-state index in [1.807, 2.05) is 0 Å². The maximum Gasteiger partial charge on any atom is 0.119 e. The van der Waals surface area contributed by atoms with Gasteiger partial charge >= 0.3 is 0 Å². The Labute approximate surface area is 166 Å².